The van der Waals surface area contributed by atoms with Gasteiger partial charge in [0.2, 0.25) is 0 Å². The summed E-state index contributed by atoms with van der Waals surface area (Å²) in [6.45, 7) is 5.36. The van der Waals surface area contributed by atoms with Crippen LogP contribution in [0.2, 0.25) is 0 Å². The molecule has 0 radical (unpaired) electrons. The SMILES string of the molecule is CCOC(=O)COc1c2cc3ccccc3c1COCc1cc3ccccc3c(c1OCC(=O)OCC)COCc1cc3ccccc3c(c1OCC(=O)OCC)COC2. The van der Waals surface area contributed by atoms with E-state index in [4.69, 9.17) is 42.6 Å². The van der Waals surface area contributed by atoms with Crippen LogP contribution in [-0.2, 0) is 82.4 Å². The Morgan fingerprint density at radius 3 is 1.00 bits per heavy atom. The third kappa shape index (κ3) is 9.79. The van der Waals surface area contributed by atoms with E-state index in [-0.39, 0.29) is 79.3 Å². The standard InChI is InChI=1S/C48H48O12/c1-4-55-43(49)28-58-46-34-19-31-13-7-10-16-37(31)40(46)25-53-23-35-20-32-14-9-12-18-39(32)42(47(35)59-29-44(50)56-5-2)27-54-24-36-21-33-15-8-11-17-38(33)41(26-52-22-34)48(36)60-30-45(51)57-6-3/h7-21H,4-6,22-30H2,1-3H3. The Kier molecular flexibility index (Phi) is 14.1. The van der Waals surface area contributed by atoms with Gasteiger partial charge in [-0.15, -0.1) is 0 Å². The lowest BCUT2D eigenvalue weighted by molar-refractivity contribution is -0.146. The van der Waals surface area contributed by atoms with E-state index in [2.05, 4.69) is 0 Å². The van der Waals surface area contributed by atoms with Crippen LogP contribution < -0.4 is 14.2 Å². The summed E-state index contributed by atoms with van der Waals surface area (Å²) in [4.78, 5) is 38.1. The summed E-state index contributed by atoms with van der Waals surface area (Å²) in [6.07, 6.45) is 0. The maximum absolute atomic E-state index is 12.7. The van der Waals surface area contributed by atoms with Crippen molar-refractivity contribution in [3.8, 4) is 17.2 Å². The number of esters is 3. The average molecular weight is 817 g/mol. The summed E-state index contributed by atoms with van der Waals surface area (Å²) < 4.78 is 54.2. The van der Waals surface area contributed by atoms with Crippen LogP contribution in [0.3, 0.4) is 0 Å². The van der Waals surface area contributed by atoms with Gasteiger partial charge >= 0.3 is 17.9 Å². The molecule has 6 aromatic rings. The predicted molar refractivity (Wildman–Crippen MR) is 224 cm³/mol. The van der Waals surface area contributed by atoms with Crippen LogP contribution in [0.15, 0.2) is 91.0 Å². The number of fused-ring (bicyclic) bond motifs is 12. The summed E-state index contributed by atoms with van der Waals surface area (Å²) >= 11 is 0. The molecule has 60 heavy (non-hydrogen) atoms. The van der Waals surface area contributed by atoms with Crippen molar-refractivity contribution in [3.63, 3.8) is 0 Å². The number of hydrogen-bond acceptors (Lipinski definition) is 12. The number of carbonyl (C=O) groups excluding carboxylic acids is 3. The van der Waals surface area contributed by atoms with Gasteiger partial charge in [0.05, 0.1) is 59.5 Å². The first kappa shape index (κ1) is 41.9. The molecule has 0 unspecified atom stereocenters. The van der Waals surface area contributed by atoms with Crippen LogP contribution in [0, 0.1) is 0 Å². The molecule has 7 rings (SSSR count). The van der Waals surface area contributed by atoms with Crippen LogP contribution >= 0.6 is 0 Å². The third-order valence-corrected chi connectivity index (χ3v) is 9.98. The lowest BCUT2D eigenvalue weighted by atomic mass is 9.98. The number of carbonyl (C=O) groups is 3. The Bertz CT molecular complexity index is 2220. The van der Waals surface area contributed by atoms with E-state index < -0.39 is 17.9 Å². The van der Waals surface area contributed by atoms with Crippen molar-refractivity contribution < 1.29 is 57.0 Å². The summed E-state index contributed by atoms with van der Waals surface area (Å²) in [5.41, 5.74) is 4.18. The van der Waals surface area contributed by atoms with Gasteiger partial charge in [-0.2, -0.15) is 0 Å². The fourth-order valence-electron chi connectivity index (χ4n) is 7.48. The Labute approximate surface area is 348 Å². The molecule has 0 fully saturated rings. The van der Waals surface area contributed by atoms with Crippen molar-refractivity contribution >= 4 is 50.2 Å². The zero-order chi connectivity index (χ0) is 41.8. The van der Waals surface area contributed by atoms with Gasteiger partial charge < -0.3 is 42.6 Å². The van der Waals surface area contributed by atoms with Crippen LogP contribution in [0.5, 0.6) is 17.2 Å². The molecule has 1 heterocycles. The van der Waals surface area contributed by atoms with Gasteiger partial charge in [-0.3, -0.25) is 0 Å². The number of benzene rings is 6. The molecule has 312 valence electrons. The zero-order valence-electron chi connectivity index (χ0n) is 34.0. The molecule has 0 atom stereocenters. The molecule has 0 spiro atoms. The minimum Gasteiger partial charge on any atom is -0.481 e. The fraction of sp³-hybridized carbons (Fsp3) is 0.312. The summed E-state index contributed by atoms with van der Waals surface area (Å²) in [6, 6.07) is 29.5. The molecule has 0 aliphatic carbocycles. The zero-order valence-corrected chi connectivity index (χ0v) is 34.0. The Morgan fingerprint density at radius 2 is 0.717 bits per heavy atom. The maximum Gasteiger partial charge on any atom is 0.344 e. The van der Waals surface area contributed by atoms with Crippen molar-refractivity contribution in [2.24, 2.45) is 0 Å². The highest BCUT2D eigenvalue weighted by Gasteiger charge is 2.23. The van der Waals surface area contributed by atoms with Gasteiger partial charge in [0, 0.05) is 33.4 Å². The van der Waals surface area contributed by atoms with Gasteiger partial charge in [-0.25, -0.2) is 14.4 Å². The molecule has 0 N–H and O–H groups in total. The van der Waals surface area contributed by atoms with Crippen molar-refractivity contribution in [1.82, 2.24) is 0 Å². The first-order valence-electron chi connectivity index (χ1n) is 20.1. The van der Waals surface area contributed by atoms with Crippen molar-refractivity contribution in [3.05, 3.63) is 124 Å². The van der Waals surface area contributed by atoms with E-state index >= 15 is 0 Å². The second-order valence-electron chi connectivity index (χ2n) is 14.0. The lowest BCUT2D eigenvalue weighted by Crippen LogP contribution is -2.18. The maximum atomic E-state index is 12.7. The van der Waals surface area contributed by atoms with Crippen LogP contribution in [0.4, 0.5) is 0 Å². The minimum absolute atomic E-state index is 0.0843. The molecule has 1 aliphatic rings. The van der Waals surface area contributed by atoms with Crippen molar-refractivity contribution in [2.75, 3.05) is 39.6 Å². The van der Waals surface area contributed by atoms with E-state index in [1.807, 2.05) is 91.0 Å². The number of ether oxygens (including phenoxy) is 9. The second-order valence-corrected chi connectivity index (χ2v) is 14.0. The van der Waals surface area contributed by atoms with Crippen LogP contribution in [0.25, 0.3) is 32.3 Å². The van der Waals surface area contributed by atoms with E-state index in [0.717, 1.165) is 32.3 Å². The van der Waals surface area contributed by atoms with Gasteiger partial charge in [-0.05, 0) is 71.3 Å². The highest BCUT2D eigenvalue weighted by Crippen LogP contribution is 2.39. The van der Waals surface area contributed by atoms with E-state index in [9.17, 15) is 14.4 Å². The molecule has 12 heteroatoms. The van der Waals surface area contributed by atoms with Crippen molar-refractivity contribution in [1.29, 1.82) is 0 Å². The first-order chi connectivity index (χ1) is 29.4. The summed E-state index contributed by atoms with van der Waals surface area (Å²) in [7, 11) is 0. The van der Waals surface area contributed by atoms with Gasteiger partial charge in [0.25, 0.3) is 0 Å². The molecular formula is C48H48O12. The number of hydrogen-bond donors (Lipinski definition) is 0. The molecule has 0 saturated heterocycles. The Morgan fingerprint density at radius 1 is 0.433 bits per heavy atom. The third-order valence-electron chi connectivity index (χ3n) is 9.98. The molecule has 12 nitrogen and oxygen atoms in total. The fourth-order valence-corrected chi connectivity index (χ4v) is 7.48. The molecule has 0 aromatic heterocycles. The smallest absolute Gasteiger partial charge is 0.344 e. The van der Waals surface area contributed by atoms with E-state index in [1.165, 1.54) is 0 Å². The molecule has 0 saturated carbocycles. The van der Waals surface area contributed by atoms with Gasteiger partial charge in [0.1, 0.15) is 17.2 Å². The van der Waals surface area contributed by atoms with Crippen LogP contribution in [0.1, 0.15) is 54.2 Å². The topological polar surface area (TPSA) is 134 Å². The van der Waals surface area contributed by atoms with Crippen LogP contribution in [-0.4, -0.2) is 57.5 Å². The van der Waals surface area contributed by atoms with E-state index in [0.29, 0.717) is 50.6 Å². The lowest BCUT2D eigenvalue weighted by Gasteiger charge is -2.22. The highest BCUT2D eigenvalue weighted by atomic mass is 16.6. The largest absolute Gasteiger partial charge is 0.481 e. The Hall–Kier alpha value is -6.21. The normalized spacial score (nSPS) is 13.2. The molecule has 0 amide bonds. The number of rotatable bonds is 12. The van der Waals surface area contributed by atoms with Gasteiger partial charge in [0.15, 0.2) is 19.8 Å². The highest BCUT2D eigenvalue weighted by molar-refractivity contribution is 5.91. The van der Waals surface area contributed by atoms with Crippen molar-refractivity contribution in [2.45, 2.75) is 60.4 Å². The molecule has 1 aliphatic heterocycles. The molecular weight excluding hydrogens is 769 g/mol. The quantitative estimate of drug-likeness (QED) is 0.0867. The van der Waals surface area contributed by atoms with Gasteiger partial charge in [-0.1, -0.05) is 72.8 Å². The summed E-state index contributed by atoms with van der Waals surface area (Å²) in [5, 5.41) is 5.36. The second kappa shape index (κ2) is 20.2. The monoisotopic (exact) mass is 816 g/mol. The first-order valence-corrected chi connectivity index (χ1v) is 20.1. The average Bonchev–Trinajstić information content (AvgIpc) is 3.25. The molecule has 6 bridgehead atoms. The van der Waals surface area contributed by atoms with E-state index in [1.54, 1.807) is 20.8 Å². The minimum atomic E-state index is -0.514. The molecule has 6 aromatic carbocycles. The Balaban J connectivity index is 1.40. The summed E-state index contributed by atoms with van der Waals surface area (Å²) in [5.74, 6) is -0.232. The predicted octanol–water partition coefficient (Wildman–Crippen LogP) is 8.44.